The normalized spacial score (nSPS) is 16.7. The van der Waals surface area contributed by atoms with Crippen LogP contribution in [0, 0.1) is 0 Å². The number of anilines is 1. The number of carboxylic acids is 1. The molecule has 108 valence electrons. The van der Waals surface area contributed by atoms with Crippen molar-refractivity contribution < 1.29 is 14.7 Å². The molecule has 3 N–H and O–H groups in total. The van der Waals surface area contributed by atoms with Crippen molar-refractivity contribution in [2.75, 3.05) is 5.32 Å². The number of carbonyl (C=O) groups is 2. The van der Waals surface area contributed by atoms with Crippen molar-refractivity contribution in [1.29, 1.82) is 0 Å². The van der Waals surface area contributed by atoms with Crippen LogP contribution in [0.1, 0.15) is 25.7 Å². The molecule has 1 aliphatic carbocycles. The van der Waals surface area contributed by atoms with Gasteiger partial charge in [0.15, 0.2) is 0 Å². The molecular formula is C13H14Br2N2O3. The second kappa shape index (κ2) is 6.13. The summed E-state index contributed by atoms with van der Waals surface area (Å²) in [5.74, 6) is -0.976. The molecule has 0 saturated heterocycles. The van der Waals surface area contributed by atoms with E-state index in [2.05, 4.69) is 42.5 Å². The summed E-state index contributed by atoms with van der Waals surface area (Å²) >= 11 is 6.68. The first kappa shape index (κ1) is 15.3. The number of carboxylic acid groups (broad SMARTS) is 1. The molecule has 1 aliphatic rings. The Morgan fingerprint density at radius 2 is 1.70 bits per heavy atom. The molecule has 0 heterocycles. The van der Waals surface area contributed by atoms with Crippen LogP contribution in [0.25, 0.3) is 0 Å². The second-order valence-corrected chi connectivity index (χ2v) is 6.48. The third kappa shape index (κ3) is 3.15. The summed E-state index contributed by atoms with van der Waals surface area (Å²) in [6, 6.07) is 4.90. The molecule has 0 aliphatic heterocycles. The predicted octanol–water partition coefficient (Wildman–Crippen LogP) is 3.73. The molecule has 1 aromatic carbocycles. The second-order valence-electron chi connectivity index (χ2n) is 4.77. The highest BCUT2D eigenvalue weighted by molar-refractivity contribution is 9.11. The number of halogens is 2. The van der Waals surface area contributed by atoms with Crippen molar-refractivity contribution in [3.8, 4) is 0 Å². The zero-order chi connectivity index (χ0) is 14.8. The fraction of sp³-hybridized carbons (Fsp3) is 0.385. The lowest BCUT2D eigenvalue weighted by Crippen LogP contribution is -2.53. The maximum absolute atomic E-state index is 12.1. The monoisotopic (exact) mass is 404 g/mol. The van der Waals surface area contributed by atoms with Crippen LogP contribution in [-0.4, -0.2) is 22.6 Å². The van der Waals surface area contributed by atoms with Gasteiger partial charge in [-0.2, -0.15) is 0 Å². The number of urea groups is 1. The molecule has 0 aromatic heterocycles. The number of rotatable bonds is 3. The number of para-hydroxylation sites is 1. The Balaban J connectivity index is 2.11. The van der Waals surface area contributed by atoms with Crippen LogP contribution in [0.4, 0.5) is 10.5 Å². The van der Waals surface area contributed by atoms with E-state index in [1.165, 1.54) is 0 Å². The van der Waals surface area contributed by atoms with Gasteiger partial charge >= 0.3 is 12.0 Å². The summed E-state index contributed by atoms with van der Waals surface area (Å²) in [7, 11) is 0. The molecule has 2 rings (SSSR count). The molecule has 0 spiro atoms. The van der Waals surface area contributed by atoms with Gasteiger partial charge < -0.3 is 15.7 Å². The highest BCUT2D eigenvalue weighted by Gasteiger charge is 2.42. The molecular weight excluding hydrogens is 392 g/mol. The van der Waals surface area contributed by atoms with E-state index in [0.717, 1.165) is 21.8 Å². The minimum Gasteiger partial charge on any atom is -0.480 e. The summed E-state index contributed by atoms with van der Waals surface area (Å²) in [6.45, 7) is 0. The number of benzene rings is 1. The van der Waals surface area contributed by atoms with Crippen LogP contribution < -0.4 is 10.6 Å². The molecule has 2 amide bonds. The van der Waals surface area contributed by atoms with Crippen molar-refractivity contribution in [3.63, 3.8) is 0 Å². The lowest BCUT2D eigenvalue weighted by Gasteiger charge is -2.25. The first-order valence-electron chi connectivity index (χ1n) is 6.21. The minimum absolute atomic E-state index is 0.465. The van der Waals surface area contributed by atoms with E-state index >= 15 is 0 Å². The first-order chi connectivity index (χ1) is 9.44. The molecule has 0 unspecified atom stereocenters. The highest BCUT2D eigenvalue weighted by atomic mass is 79.9. The Morgan fingerprint density at radius 1 is 1.15 bits per heavy atom. The number of carbonyl (C=O) groups excluding carboxylic acids is 1. The molecule has 7 heteroatoms. The van der Waals surface area contributed by atoms with Crippen LogP contribution >= 0.6 is 31.9 Å². The Hall–Kier alpha value is -1.08. The van der Waals surface area contributed by atoms with Gasteiger partial charge in [-0.25, -0.2) is 9.59 Å². The third-order valence-electron chi connectivity index (χ3n) is 3.42. The van der Waals surface area contributed by atoms with Crippen LogP contribution in [0.15, 0.2) is 27.1 Å². The average Bonchev–Trinajstić information content (AvgIpc) is 2.84. The molecule has 0 bridgehead atoms. The minimum atomic E-state index is -1.14. The van der Waals surface area contributed by atoms with Crippen LogP contribution in [0.3, 0.4) is 0 Å². The summed E-state index contributed by atoms with van der Waals surface area (Å²) < 4.78 is 1.44. The fourth-order valence-electron chi connectivity index (χ4n) is 2.35. The molecule has 20 heavy (non-hydrogen) atoms. The molecule has 5 nitrogen and oxygen atoms in total. The molecule has 1 saturated carbocycles. The smallest absolute Gasteiger partial charge is 0.329 e. The highest BCUT2D eigenvalue weighted by Crippen LogP contribution is 2.32. The Labute approximate surface area is 133 Å². The summed E-state index contributed by atoms with van der Waals surface area (Å²) in [5.41, 5.74) is -0.568. The summed E-state index contributed by atoms with van der Waals surface area (Å²) in [6.07, 6.45) is 2.55. The zero-order valence-electron chi connectivity index (χ0n) is 10.6. The van der Waals surface area contributed by atoms with Crippen LogP contribution in [0.2, 0.25) is 0 Å². The van der Waals surface area contributed by atoms with Gasteiger partial charge in [0.2, 0.25) is 0 Å². The Kier molecular flexibility index (Phi) is 4.70. The van der Waals surface area contributed by atoms with Gasteiger partial charge in [0.1, 0.15) is 5.54 Å². The van der Waals surface area contributed by atoms with Crippen LogP contribution in [-0.2, 0) is 4.79 Å². The van der Waals surface area contributed by atoms with Crippen molar-refractivity contribution in [2.45, 2.75) is 31.2 Å². The largest absolute Gasteiger partial charge is 0.480 e. The van der Waals surface area contributed by atoms with Gasteiger partial charge in [-0.1, -0.05) is 18.9 Å². The molecule has 0 atom stereocenters. The maximum Gasteiger partial charge on any atom is 0.329 e. The Morgan fingerprint density at radius 3 is 2.20 bits per heavy atom. The van der Waals surface area contributed by atoms with E-state index in [4.69, 9.17) is 0 Å². The zero-order valence-corrected chi connectivity index (χ0v) is 13.8. The third-order valence-corrected chi connectivity index (χ3v) is 4.74. The molecule has 1 aromatic rings. The predicted molar refractivity (Wildman–Crippen MR) is 82.8 cm³/mol. The van der Waals surface area contributed by atoms with E-state index in [1.54, 1.807) is 12.1 Å². The standard InChI is InChI=1S/C13H14Br2N2O3/c14-8-4-3-5-9(15)10(8)16-12(20)17-13(11(18)19)6-1-2-7-13/h3-5H,1-2,6-7H2,(H,18,19)(H2,16,17,20). The Bertz CT molecular complexity index is 522. The quantitative estimate of drug-likeness (QED) is 0.716. The van der Waals surface area contributed by atoms with Gasteiger partial charge in [0.25, 0.3) is 0 Å². The van der Waals surface area contributed by atoms with Crippen molar-refractivity contribution in [1.82, 2.24) is 5.32 Å². The summed E-state index contributed by atoms with van der Waals surface area (Å²) in [5, 5.41) is 14.6. The number of aliphatic carboxylic acids is 1. The number of hydrogen-bond donors (Lipinski definition) is 3. The molecule has 0 radical (unpaired) electrons. The van der Waals surface area contributed by atoms with E-state index in [9.17, 15) is 14.7 Å². The van der Waals surface area contributed by atoms with Crippen LogP contribution in [0.5, 0.6) is 0 Å². The van der Waals surface area contributed by atoms with Gasteiger partial charge in [-0.15, -0.1) is 0 Å². The number of hydrogen-bond acceptors (Lipinski definition) is 2. The number of nitrogens with one attached hydrogen (secondary N) is 2. The van der Waals surface area contributed by atoms with Gasteiger partial charge in [0.05, 0.1) is 5.69 Å². The topological polar surface area (TPSA) is 78.4 Å². The van der Waals surface area contributed by atoms with Gasteiger partial charge in [-0.3, -0.25) is 0 Å². The van der Waals surface area contributed by atoms with Crippen molar-refractivity contribution >= 4 is 49.5 Å². The number of amides is 2. The summed E-state index contributed by atoms with van der Waals surface area (Å²) in [4.78, 5) is 23.4. The lowest BCUT2D eigenvalue weighted by molar-refractivity contribution is -0.144. The fourth-order valence-corrected chi connectivity index (χ4v) is 3.55. The first-order valence-corrected chi connectivity index (χ1v) is 7.80. The van der Waals surface area contributed by atoms with Gasteiger partial charge in [0, 0.05) is 8.95 Å². The van der Waals surface area contributed by atoms with E-state index in [-0.39, 0.29) is 0 Å². The van der Waals surface area contributed by atoms with Crippen molar-refractivity contribution in [3.05, 3.63) is 27.1 Å². The SMILES string of the molecule is O=C(Nc1c(Br)cccc1Br)NC1(C(=O)O)CCCC1. The van der Waals surface area contributed by atoms with Gasteiger partial charge in [-0.05, 0) is 56.8 Å². The molecule has 1 fully saturated rings. The van der Waals surface area contributed by atoms with E-state index < -0.39 is 17.5 Å². The van der Waals surface area contributed by atoms with E-state index in [1.807, 2.05) is 6.07 Å². The maximum atomic E-state index is 12.1. The average molecular weight is 406 g/mol. The van der Waals surface area contributed by atoms with Crippen molar-refractivity contribution in [2.24, 2.45) is 0 Å². The lowest BCUT2D eigenvalue weighted by atomic mass is 9.98. The van der Waals surface area contributed by atoms with E-state index in [0.29, 0.717) is 18.5 Å².